The molecule has 2 N–H and O–H groups in total. The molecule has 20 heavy (non-hydrogen) atoms. The Kier molecular flexibility index (Phi) is 6.92. The summed E-state index contributed by atoms with van der Waals surface area (Å²) in [5.74, 6) is -0.317. The number of likely N-dealkylation sites (N-methyl/N-ethyl adjacent to an activating group) is 1. The topological polar surface area (TPSA) is 58.8 Å². The molecule has 1 heterocycles. The lowest BCUT2D eigenvalue weighted by Gasteiger charge is -2.28. The molecule has 0 amide bonds. The molecular formula is C15H31N3O2. The van der Waals surface area contributed by atoms with Crippen molar-refractivity contribution in [2.24, 2.45) is 5.73 Å². The zero-order chi connectivity index (χ0) is 15.2. The van der Waals surface area contributed by atoms with Crippen LogP contribution in [0.1, 0.15) is 39.5 Å². The van der Waals surface area contributed by atoms with Crippen LogP contribution in [0.5, 0.6) is 0 Å². The third-order valence-corrected chi connectivity index (χ3v) is 4.23. The Morgan fingerprint density at radius 1 is 1.40 bits per heavy atom. The lowest BCUT2D eigenvalue weighted by Crippen LogP contribution is -2.45. The fraction of sp³-hybridized carbons (Fsp3) is 0.933. The maximum atomic E-state index is 11.5. The minimum Gasteiger partial charge on any atom is -0.468 e. The number of unbranched alkanes of at least 4 members (excludes halogenated alkanes) is 1. The van der Waals surface area contributed by atoms with Crippen LogP contribution in [0.3, 0.4) is 0 Å². The fourth-order valence-electron chi connectivity index (χ4n) is 2.90. The second-order valence-electron chi connectivity index (χ2n) is 6.37. The molecule has 0 saturated carbocycles. The number of carbonyl (C=O) groups is 1. The smallest absolute Gasteiger partial charge is 0.325 e. The van der Waals surface area contributed by atoms with E-state index in [1.54, 1.807) is 6.92 Å². The number of hydrogen-bond donors (Lipinski definition) is 1. The van der Waals surface area contributed by atoms with E-state index in [9.17, 15) is 4.79 Å². The van der Waals surface area contributed by atoms with Crippen molar-refractivity contribution in [1.82, 2.24) is 9.80 Å². The van der Waals surface area contributed by atoms with Crippen LogP contribution in [0, 0.1) is 0 Å². The SMILES string of the molecule is COC(=O)C(C)(N)CCCCN1CCCN(C)CC1C. The molecule has 1 aliphatic heterocycles. The highest BCUT2D eigenvalue weighted by Gasteiger charge is 2.28. The third kappa shape index (κ3) is 5.38. The molecule has 1 saturated heterocycles. The summed E-state index contributed by atoms with van der Waals surface area (Å²) in [7, 11) is 3.58. The van der Waals surface area contributed by atoms with E-state index >= 15 is 0 Å². The summed E-state index contributed by atoms with van der Waals surface area (Å²) in [6.45, 7) is 8.63. The first-order chi connectivity index (χ1) is 9.36. The van der Waals surface area contributed by atoms with E-state index in [2.05, 4.69) is 23.8 Å². The average molecular weight is 285 g/mol. The van der Waals surface area contributed by atoms with Crippen LogP contribution in [-0.4, -0.2) is 67.7 Å². The van der Waals surface area contributed by atoms with Crippen LogP contribution in [0.15, 0.2) is 0 Å². The monoisotopic (exact) mass is 285 g/mol. The average Bonchev–Trinajstić information content (AvgIpc) is 2.54. The Labute approximate surface area is 123 Å². The summed E-state index contributed by atoms with van der Waals surface area (Å²) in [6, 6.07) is 0.604. The molecule has 1 fully saturated rings. The number of nitrogens with zero attached hydrogens (tertiary/aromatic N) is 2. The van der Waals surface area contributed by atoms with Gasteiger partial charge in [0, 0.05) is 12.6 Å². The number of hydrogen-bond acceptors (Lipinski definition) is 5. The molecule has 0 aromatic rings. The van der Waals surface area contributed by atoms with Crippen LogP contribution in [0.25, 0.3) is 0 Å². The molecule has 2 atom stereocenters. The number of ether oxygens (including phenoxy) is 1. The summed E-state index contributed by atoms with van der Waals surface area (Å²) in [4.78, 5) is 16.5. The summed E-state index contributed by atoms with van der Waals surface area (Å²) >= 11 is 0. The quantitative estimate of drug-likeness (QED) is 0.584. The standard InChI is InChI=1S/C15H31N3O2/c1-13-12-17(3)9-7-11-18(13)10-6-5-8-15(2,16)14(19)20-4/h13H,5-12,16H2,1-4H3. The van der Waals surface area contributed by atoms with Gasteiger partial charge in [-0.3, -0.25) is 9.69 Å². The van der Waals surface area contributed by atoms with Crippen LogP contribution >= 0.6 is 0 Å². The fourth-order valence-corrected chi connectivity index (χ4v) is 2.90. The zero-order valence-corrected chi connectivity index (χ0v) is 13.5. The van der Waals surface area contributed by atoms with Gasteiger partial charge in [0.25, 0.3) is 0 Å². The van der Waals surface area contributed by atoms with E-state index in [4.69, 9.17) is 10.5 Å². The van der Waals surface area contributed by atoms with E-state index in [0.717, 1.165) is 25.9 Å². The highest BCUT2D eigenvalue weighted by atomic mass is 16.5. The lowest BCUT2D eigenvalue weighted by atomic mass is 9.96. The first-order valence-electron chi connectivity index (χ1n) is 7.66. The number of esters is 1. The number of carbonyl (C=O) groups excluding carboxylic acids is 1. The maximum absolute atomic E-state index is 11.5. The van der Waals surface area contributed by atoms with Gasteiger partial charge in [0.05, 0.1) is 7.11 Å². The van der Waals surface area contributed by atoms with E-state index in [1.165, 1.54) is 26.6 Å². The molecule has 0 bridgehead atoms. The molecular weight excluding hydrogens is 254 g/mol. The van der Waals surface area contributed by atoms with Gasteiger partial charge >= 0.3 is 5.97 Å². The van der Waals surface area contributed by atoms with Gasteiger partial charge in [-0.1, -0.05) is 0 Å². The molecule has 0 aliphatic carbocycles. The van der Waals surface area contributed by atoms with Crippen LogP contribution < -0.4 is 5.73 Å². The molecule has 1 rings (SSSR count). The van der Waals surface area contributed by atoms with Gasteiger partial charge in [-0.25, -0.2) is 0 Å². The molecule has 0 aromatic carbocycles. The summed E-state index contributed by atoms with van der Waals surface area (Å²) in [5.41, 5.74) is 5.12. The number of methoxy groups -OCH3 is 1. The summed E-state index contributed by atoms with van der Waals surface area (Å²) in [6.07, 6.45) is 3.96. The van der Waals surface area contributed by atoms with E-state index < -0.39 is 5.54 Å². The predicted octanol–water partition coefficient (Wildman–Crippen LogP) is 1.07. The molecule has 5 heteroatoms. The number of rotatable bonds is 6. The van der Waals surface area contributed by atoms with Gasteiger partial charge in [-0.15, -0.1) is 0 Å². The van der Waals surface area contributed by atoms with Gasteiger partial charge < -0.3 is 15.4 Å². The first-order valence-corrected chi connectivity index (χ1v) is 7.66. The lowest BCUT2D eigenvalue weighted by molar-refractivity contribution is -0.146. The third-order valence-electron chi connectivity index (χ3n) is 4.23. The largest absolute Gasteiger partial charge is 0.468 e. The van der Waals surface area contributed by atoms with Crippen molar-refractivity contribution in [3.63, 3.8) is 0 Å². The number of nitrogens with two attached hydrogens (primary N) is 1. The van der Waals surface area contributed by atoms with E-state index in [0.29, 0.717) is 12.5 Å². The maximum Gasteiger partial charge on any atom is 0.325 e. The molecule has 118 valence electrons. The first kappa shape index (κ1) is 17.4. The Balaban J connectivity index is 2.28. The van der Waals surface area contributed by atoms with Crippen LogP contribution in [0.4, 0.5) is 0 Å². The Morgan fingerprint density at radius 3 is 2.75 bits per heavy atom. The Bertz CT molecular complexity index is 307. The second kappa shape index (κ2) is 7.96. The molecule has 2 unspecified atom stereocenters. The van der Waals surface area contributed by atoms with Crippen molar-refractivity contribution in [1.29, 1.82) is 0 Å². The van der Waals surface area contributed by atoms with Crippen LogP contribution in [-0.2, 0) is 9.53 Å². The molecule has 0 spiro atoms. The van der Waals surface area contributed by atoms with Gasteiger partial charge in [-0.05, 0) is 66.2 Å². The van der Waals surface area contributed by atoms with Crippen molar-refractivity contribution in [3.05, 3.63) is 0 Å². The minimum absolute atomic E-state index is 0.317. The predicted molar refractivity (Wildman–Crippen MR) is 81.6 cm³/mol. The van der Waals surface area contributed by atoms with Gasteiger partial charge in [0.15, 0.2) is 0 Å². The molecule has 0 radical (unpaired) electrons. The second-order valence-corrected chi connectivity index (χ2v) is 6.37. The van der Waals surface area contributed by atoms with Gasteiger partial charge in [0.1, 0.15) is 5.54 Å². The molecule has 5 nitrogen and oxygen atoms in total. The van der Waals surface area contributed by atoms with Gasteiger partial charge in [-0.2, -0.15) is 0 Å². The molecule has 0 aromatic heterocycles. The van der Waals surface area contributed by atoms with E-state index in [1.807, 2.05) is 0 Å². The van der Waals surface area contributed by atoms with Crippen molar-refractivity contribution in [2.45, 2.75) is 51.1 Å². The van der Waals surface area contributed by atoms with Crippen molar-refractivity contribution in [2.75, 3.05) is 40.3 Å². The van der Waals surface area contributed by atoms with Gasteiger partial charge in [0.2, 0.25) is 0 Å². The van der Waals surface area contributed by atoms with Crippen molar-refractivity contribution < 1.29 is 9.53 Å². The minimum atomic E-state index is -0.848. The molecule has 1 aliphatic rings. The van der Waals surface area contributed by atoms with E-state index in [-0.39, 0.29) is 5.97 Å². The summed E-state index contributed by atoms with van der Waals surface area (Å²) < 4.78 is 4.73. The highest BCUT2D eigenvalue weighted by molar-refractivity contribution is 5.79. The Morgan fingerprint density at radius 2 is 2.10 bits per heavy atom. The van der Waals surface area contributed by atoms with Crippen LogP contribution in [0.2, 0.25) is 0 Å². The van der Waals surface area contributed by atoms with Crippen molar-refractivity contribution in [3.8, 4) is 0 Å². The Hall–Kier alpha value is -0.650. The highest BCUT2D eigenvalue weighted by Crippen LogP contribution is 2.15. The normalized spacial score (nSPS) is 24.9. The summed E-state index contributed by atoms with van der Waals surface area (Å²) in [5, 5.41) is 0. The zero-order valence-electron chi connectivity index (χ0n) is 13.5. The van der Waals surface area contributed by atoms with Crippen molar-refractivity contribution >= 4 is 5.97 Å².